The van der Waals surface area contributed by atoms with Gasteiger partial charge >= 0.3 is 11.6 Å². The van der Waals surface area contributed by atoms with Crippen molar-refractivity contribution in [3.05, 3.63) is 80.2 Å². The van der Waals surface area contributed by atoms with Crippen LogP contribution < -0.4 is 5.63 Å². The van der Waals surface area contributed by atoms with Gasteiger partial charge in [0, 0.05) is 30.0 Å². The second-order valence-electron chi connectivity index (χ2n) is 8.05. The highest BCUT2D eigenvalue weighted by molar-refractivity contribution is 6.21. The number of carbonyl (C=O) groups excluding carboxylic acids is 3. The van der Waals surface area contributed by atoms with Crippen molar-refractivity contribution in [2.45, 2.75) is 40.2 Å². The number of rotatable bonds is 6. The molecule has 0 saturated carbocycles. The summed E-state index contributed by atoms with van der Waals surface area (Å²) in [5.74, 6) is -1.15. The summed E-state index contributed by atoms with van der Waals surface area (Å²) >= 11 is 0. The molecule has 0 fully saturated rings. The molecule has 2 amide bonds. The summed E-state index contributed by atoms with van der Waals surface area (Å²) in [5.41, 5.74) is 4.12. The molecule has 2 heterocycles. The standard InChI is InChI=1S/C25H23NO6/c1-14-6-8-19-20(11-14)25(30)26(24(19)29)10-4-5-21(27)31-13-17-12-22(28)32-23-16(3)15(2)7-9-18(17)23/h6-9,11-12H,4-5,10,13H2,1-3H3. The first-order valence-electron chi connectivity index (χ1n) is 10.4. The number of nitrogens with zero attached hydrogens (tertiary/aromatic N) is 1. The number of aryl methyl sites for hydroxylation is 3. The quantitative estimate of drug-likeness (QED) is 0.333. The minimum Gasteiger partial charge on any atom is -0.461 e. The SMILES string of the molecule is Cc1ccc2c(c1)C(=O)N(CCCC(=O)OCc1cc(=O)oc3c(C)c(C)ccc13)C2=O. The van der Waals surface area contributed by atoms with E-state index >= 15 is 0 Å². The number of esters is 1. The molecule has 2 aromatic carbocycles. The number of fused-ring (bicyclic) bond motifs is 2. The largest absolute Gasteiger partial charge is 0.461 e. The van der Waals surface area contributed by atoms with Gasteiger partial charge in [-0.1, -0.05) is 23.8 Å². The highest BCUT2D eigenvalue weighted by Crippen LogP contribution is 2.25. The van der Waals surface area contributed by atoms with E-state index < -0.39 is 11.6 Å². The summed E-state index contributed by atoms with van der Waals surface area (Å²) in [4.78, 5) is 50.3. The molecule has 164 valence electrons. The van der Waals surface area contributed by atoms with Crippen molar-refractivity contribution in [1.82, 2.24) is 4.90 Å². The van der Waals surface area contributed by atoms with Crippen LogP contribution in [0.3, 0.4) is 0 Å². The van der Waals surface area contributed by atoms with Gasteiger partial charge in [0.1, 0.15) is 12.2 Å². The lowest BCUT2D eigenvalue weighted by atomic mass is 10.0. The van der Waals surface area contributed by atoms with E-state index in [0.29, 0.717) is 28.7 Å². The minimum atomic E-state index is -0.502. The van der Waals surface area contributed by atoms with E-state index in [2.05, 4.69) is 0 Å². The molecule has 0 N–H and O–H groups in total. The Labute approximate surface area is 184 Å². The average molecular weight is 433 g/mol. The molecule has 0 spiro atoms. The lowest BCUT2D eigenvalue weighted by Crippen LogP contribution is -2.31. The molecule has 1 aliphatic heterocycles. The normalized spacial score (nSPS) is 13.0. The Kier molecular flexibility index (Phi) is 5.65. The van der Waals surface area contributed by atoms with Crippen LogP contribution in [0.4, 0.5) is 0 Å². The first-order valence-corrected chi connectivity index (χ1v) is 10.4. The highest BCUT2D eigenvalue weighted by atomic mass is 16.5. The van der Waals surface area contributed by atoms with Crippen molar-refractivity contribution in [3.8, 4) is 0 Å². The summed E-state index contributed by atoms with van der Waals surface area (Å²) in [6.45, 7) is 5.74. The molecule has 0 unspecified atom stereocenters. The molecule has 0 radical (unpaired) electrons. The van der Waals surface area contributed by atoms with E-state index in [4.69, 9.17) is 9.15 Å². The fourth-order valence-electron chi connectivity index (χ4n) is 3.86. The molecule has 1 aromatic heterocycles. The van der Waals surface area contributed by atoms with Crippen LogP contribution in [0.15, 0.2) is 45.6 Å². The van der Waals surface area contributed by atoms with Crippen molar-refractivity contribution in [3.63, 3.8) is 0 Å². The van der Waals surface area contributed by atoms with Gasteiger partial charge in [0.2, 0.25) is 0 Å². The lowest BCUT2D eigenvalue weighted by Gasteiger charge is -2.13. The third-order valence-electron chi connectivity index (χ3n) is 5.79. The number of hydrogen-bond acceptors (Lipinski definition) is 6. The topological polar surface area (TPSA) is 93.9 Å². The Morgan fingerprint density at radius 1 is 0.969 bits per heavy atom. The molecular formula is C25H23NO6. The first-order chi connectivity index (χ1) is 15.3. The molecule has 0 saturated heterocycles. The summed E-state index contributed by atoms with van der Waals surface area (Å²) in [7, 11) is 0. The van der Waals surface area contributed by atoms with E-state index in [9.17, 15) is 19.2 Å². The second-order valence-corrected chi connectivity index (χ2v) is 8.05. The van der Waals surface area contributed by atoms with Crippen molar-refractivity contribution in [2.75, 3.05) is 6.54 Å². The maximum Gasteiger partial charge on any atom is 0.336 e. The number of carbonyl (C=O) groups is 3. The third-order valence-corrected chi connectivity index (χ3v) is 5.79. The molecule has 0 atom stereocenters. The van der Waals surface area contributed by atoms with Crippen LogP contribution >= 0.6 is 0 Å². The monoisotopic (exact) mass is 433 g/mol. The second kappa shape index (κ2) is 8.42. The maximum absolute atomic E-state index is 12.5. The first kappa shape index (κ1) is 21.5. The van der Waals surface area contributed by atoms with Gasteiger partial charge in [-0.25, -0.2) is 4.79 Å². The minimum absolute atomic E-state index is 0.0456. The number of benzene rings is 2. The third kappa shape index (κ3) is 3.93. The van der Waals surface area contributed by atoms with Crippen LogP contribution in [-0.4, -0.2) is 29.2 Å². The van der Waals surface area contributed by atoms with Crippen LogP contribution in [0, 0.1) is 20.8 Å². The smallest absolute Gasteiger partial charge is 0.336 e. The van der Waals surface area contributed by atoms with E-state index in [-0.39, 0.29) is 31.4 Å². The van der Waals surface area contributed by atoms with E-state index in [1.807, 2.05) is 32.9 Å². The zero-order valence-electron chi connectivity index (χ0n) is 18.2. The van der Waals surface area contributed by atoms with E-state index in [0.717, 1.165) is 22.1 Å². The molecule has 7 heteroatoms. The molecule has 0 bridgehead atoms. The van der Waals surface area contributed by atoms with Crippen LogP contribution in [-0.2, 0) is 16.1 Å². The Balaban J connectivity index is 1.36. The van der Waals surface area contributed by atoms with Gasteiger partial charge in [0.25, 0.3) is 11.8 Å². The Morgan fingerprint density at radius 3 is 2.50 bits per heavy atom. The van der Waals surface area contributed by atoms with Crippen LogP contribution in [0.1, 0.15) is 55.8 Å². The van der Waals surface area contributed by atoms with E-state index in [1.165, 1.54) is 11.0 Å². The fourth-order valence-corrected chi connectivity index (χ4v) is 3.86. The molecular weight excluding hydrogens is 410 g/mol. The molecule has 3 aromatic rings. The summed E-state index contributed by atoms with van der Waals surface area (Å²) in [6.07, 6.45) is 0.337. The Morgan fingerprint density at radius 2 is 1.72 bits per heavy atom. The van der Waals surface area contributed by atoms with Crippen molar-refractivity contribution >= 4 is 28.8 Å². The van der Waals surface area contributed by atoms with Gasteiger partial charge in [0.05, 0.1) is 11.1 Å². The lowest BCUT2D eigenvalue weighted by molar-refractivity contribution is -0.145. The van der Waals surface area contributed by atoms with Gasteiger partial charge in [0.15, 0.2) is 0 Å². The predicted molar refractivity (Wildman–Crippen MR) is 118 cm³/mol. The number of hydrogen-bond donors (Lipinski definition) is 0. The Hall–Kier alpha value is -3.74. The van der Waals surface area contributed by atoms with Crippen LogP contribution in [0.2, 0.25) is 0 Å². The highest BCUT2D eigenvalue weighted by Gasteiger charge is 2.35. The average Bonchev–Trinajstić information content (AvgIpc) is 2.99. The van der Waals surface area contributed by atoms with E-state index in [1.54, 1.807) is 18.2 Å². The van der Waals surface area contributed by atoms with Crippen molar-refractivity contribution < 1.29 is 23.5 Å². The van der Waals surface area contributed by atoms with Gasteiger partial charge in [-0.05, 0) is 50.5 Å². The molecule has 32 heavy (non-hydrogen) atoms. The molecule has 4 rings (SSSR count). The summed E-state index contributed by atoms with van der Waals surface area (Å²) in [5, 5.41) is 0.724. The molecule has 1 aliphatic rings. The number of ether oxygens (including phenoxy) is 1. The van der Waals surface area contributed by atoms with Gasteiger partial charge < -0.3 is 9.15 Å². The summed E-state index contributed by atoms with van der Waals surface area (Å²) < 4.78 is 10.7. The zero-order valence-corrected chi connectivity index (χ0v) is 18.2. The summed E-state index contributed by atoms with van der Waals surface area (Å²) in [6, 6.07) is 10.2. The van der Waals surface area contributed by atoms with Crippen molar-refractivity contribution in [2.24, 2.45) is 0 Å². The number of amides is 2. The fraction of sp³-hybridized carbons (Fsp3) is 0.280. The zero-order chi connectivity index (χ0) is 23.0. The van der Waals surface area contributed by atoms with Crippen LogP contribution in [0.25, 0.3) is 11.0 Å². The Bertz CT molecular complexity index is 1320. The van der Waals surface area contributed by atoms with Gasteiger partial charge in [-0.15, -0.1) is 0 Å². The van der Waals surface area contributed by atoms with Crippen LogP contribution in [0.5, 0.6) is 0 Å². The molecule has 0 aliphatic carbocycles. The maximum atomic E-state index is 12.5. The van der Waals surface area contributed by atoms with Gasteiger partial charge in [-0.2, -0.15) is 0 Å². The number of imide groups is 1. The van der Waals surface area contributed by atoms with Gasteiger partial charge in [-0.3, -0.25) is 19.3 Å². The predicted octanol–water partition coefficient (Wildman–Crippen LogP) is 3.84. The molecule has 7 nitrogen and oxygen atoms in total. The van der Waals surface area contributed by atoms with Crippen molar-refractivity contribution in [1.29, 1.82) is 0 Å².